The van der Waals surface area contributed by atoms with E-state index in [-0.39, 0.29) is 11.8 Å². The van der Waals surface area contributed by atoms with E-state index in [0.29, 0.717) is 17.9 Å². The molecular weight excluding hydrogens is 324 g/mol. The molecule has 1 N–H and O–H groups in total. The first-order valence-corrected chi connectivity index (χ1v) is 9.51. The molecule has 122 valence electrons. The van der Waals surface area contributed by atoms with Crippen LogP contribution in [0.4, 0.5) is 11.4 Å². The normalized spacial score (nSPS) is 15.4. The molecule has 0 aromatic heterocycles. The number of benzene rings is 1. The van der Waals surface area contributed by atoms with Crippen molar-refractivity contribution in [3.8, 4) is 0 Å². The number of fused-ring (bicyclic) bond motifs is 1. The minimum Gasteiger partial charge on any atom is -0.326 e. The van der Waals surface area contributed by atoms with E-state index >= 15 is 0 Å². The number of hydrogen-bond acceptors (Lipinski definition) is 3. The van der Waals surface area contributed by atoms with Crippen molar-refractivity contribution < 1.29 is 13.2 Å². The topological polar surface area (TPSA) is 66.5 Å². The van der Waals surface area contributed by atoms with Gasteiger partial charge in [-0.1, -0.05) is 0 Å². The number of sulfonamides is 1. The van der Waals surface area contributed by atoms with Crippen molar-refractivity contribution >= 4 is 38.9 Å². The zero-order valence-electron chi connectivity index (χ0n) is 13.0. The summed E-state index contributed by atoms with van der Waals surface area (Å²) in [5.41, 5.74) is 1.63. The largest absolute Gasteiger partial charge is 0.326 e. The average molecular weight is 345 g/mol. The smallest absolute Gasteiger partial charge is 0.232 e. The minimum absolute atomic E-state index is 0.154. The lowest BCUT2D eigenvalue weighted by Crippen LogP contribution is -2.35. The standard InChI is InChI=1S/C15H21ClN2O3S/c1-15(2,10-16)14(19)17-12-6-7-13-11(9-12)5-4-8-18(13)22(3,20)21/h6-7,9H,4-5,8,10H2,1-3H3,(H,17,19). The second kappa shape index (κ2) is 6.08. The van der Waals surface area contributed by atoms with Gasteiger partial charge in [0.25, 0.3) is 0 Å². The van der Waals surface area contributed by atoms with Crippen LogP contribution < -0.4 is 9.62 Å². The van der Waals surface area contributed by atoms with Crippen LogP contribution >= 0.6 is 11.6 Å². The number of nitrogens with one attached hydrogen (secondary N) is 1. The fraction of sp³-hybridized carbons (Fsp3) is 0.533. The Labute approximate surface area is 136 Å². The van der Waals surface area contributed by atoms with Crippen molar-refractivity contribution in [3.63, 3.8) is 0 Å². The van der Waals surface area contributed by atoms with Gasteiger partial charge >= 0.3 is 0 Å². The Morgan fingerprint density at radius 2 is 2.09 bits per heavy atom. The first kappa shape index (κ1) is 17.1. The summed E-state index contributed by atoms with van der Waals surface area (Å²) in [7, 11) is -3.27. The maximum atomic E-state index is 12.2. The molecule has 1 aromatic rings. The molecule has 0 spiro atoms. The van der Waals surface area contributed by atoms with Gasteiger partial charge in [0.2, 0.25) is 15.9 Å². The van der Waals surface area contributed by atoms with Gasteiger partial charge in [0, 0.05) is 18.1 Å². The van der Waals surface area contributed by atoms with Crippen LogP contribution in [0.3, 0.4) is 0 Å². The van der Waals surface area contributed by atoms with Crippen molar-refractivity contribution in [2.24, 2.45) is 5.41 Å². The number of aryl methyl sites for hydroxylation is 1. The molecule has 1 aromatic carbocycles. The third-order valence-electron chi connectivity index (χ3n) is 3.76. The number of halogens is 1. The Morgan fingerprint density at radius 1 is 1.41 bits per heavy atom. The first-order valence-electron chi connectivity index (χ1n) is 7.13. The summed E-state index contributed by atoms with van der Waals surface area (Å²) in [6, 6.07) is 5.32. The van der Waals surface area contributed by atoms with E-state index in [0.717, 1.165) is 18.4 Å². The van der Waals surface area contributed by atoms with Gasteiger partial charge in [-0.3, -0.25) is 9.10 Å². The van der Waals surface area contributed by atoms with Crippen LogP contribution in [-0.2, 0) is 21.2 Å². The van der Waals surface area contributed by atoms with Crippen molar-refractivity contribution in [3.05, 3.63) is 23.8 Å². The predicted octanol–water partition coefficient (Wildman–Crippen LogP) is 2.60. The molecule has 0 unspecified atom stereocenters. The van der Waals surface area contributed by atoms with Gasteiger partial charge in [0.05, 0.1) is 17.4 Å². The lowest BCUT2D eigenvalue weighted by Gasteiger charge is -2.29. The van der Waals surface area contributed by atoms with Crippen molar-refractivity contribution in [2.75, 3.05) is 28.3 Å². The fourth-order valence-corrected chi connectivity index (χ4v) is 3.46. The Hall–Kier alpha value is -1.27. The van der Waals surface area contributed by atoms with Gasteiger partial charge in [-0.2, -0.15) is 0 Å². The highest BCUT2D eigenvalue weighted by Gasteiger charge is 2.28. The molecular formula is C15H21ClN2O3S. The number of hydrogen-bond donors (Lipinski definition) is 1. The number of amides is 1. The minimum atomic E-state index is -3.27. The van der Waals surface area contributed by atoms with Crippen LogP contribution in [-0.4, -0.2) is 33.0 Å². The van der Waals surface area contributed by atoms with E-state index in [1.807, 2.05) is 6.07 Å². The molecule has 0 saturated carbocycles. The van der Waals surface area contributed by atoms with E-state index in [2.05, 4.69) is 5.32 Å². The maximum Gasteiger partial charge on any atom is 0.232 e. The van der Waals surface area contributed by atoms with Crippen LogP contribution in [0, 0.1) is 5.41 Å². The molecule has 1 aliphatic heterocycles. The molecule has 7 heteroatoms. The molecule has 0 bridgehead atoms. The van der Waals surface area contributed by atoms with Crippen LogP contribution in [0.25, 0.3) is 0 Å². The van der Waals surface area contributed by atoms with E-state index in [1.165, 1.54) is 10.6 Å². The summed E-state index contributed by atoms with van der Waals surface area (Å²) in [5, 5.41) is 2.85. The van der Waals surface area contributed by atoms with E-state index in [4.69, 9.17) is 11.6 Å². The molecule has 0 saturated heterocycles. The zero-order valence-corrected chi connectivity index (χ0v) is 14.6. The van der Waals surface area contributed by atoms with Gasteiger partial charge in [-0.05, 0) is 50.5 Å². The highest BCUT2D eigenvalue weighted by Crippen LogP contribution is 2.31. The van der Waals surface area contributed by atoms with Crippen molar-refractivity contribution in [1.82, 2.24) is 0 Å². The summed E-state index contributed by atoms with van der Waals surface area (Å²) in [5.74, 6) is 0.0734. The highest BCUT2D eigenvalue weighted by molar-refractivity contribution is 7.92. The maximum absolute atomic E-state index is 12.2. The molecule has 0 atom stereocenters. The van der Waals surface area contributed by atoms with Crippen molar-refractivity contribution in [2.45, 2.75) is 26.7 Å². The molecule has 1 amide bonds. The quantitative estimate of drug-likeness (QED) is 0.854. The summed E-state index contributed by atoms with van der Waals surface area (Å²) in [6.07, 6.45) is 2.77. The molecule has 22 heavy (non-hydrogen) atoms. The lowest BCUT2D eigenvalue weighted by atomic mass is 9.95. The molecule has 1 aliphatic rings. The lowest BCUT2D eigenvalue weighted by molar-refractivity contribution is -0.122. The van der Waals surface area contributed by atoms with Gasteiger partial charge in [-0.25, -0.2) is 8.42 Å². The SMILES string of the molecule is CC(C)(CCl)C(=O)Nc1ccc2c(c1)CCCN2S(C)(=O)=O. The van der Waals surface area contributed by atoms with Gasteiger partial charge in [-0.15, -0.1) is 11.6 Å². The molecule has 2 rings (SSSR count). The number of carbonyl (C=O) groups is 1. The fourth-order valence-electron chi connectivity index (χ4n) is 2.35. The van der Waals surface area contributed by atoms with Crippen molar-refractivity contribution in [1.29, 1.82) is 0 Å². The van der Waals surface area contributed by atoms with Crippen LogP contribution in [0.1, 0.15) is 25.8 Å². The summed E-state index contributed by atoms with van der Waals surface area (Å²) in [4.78, 5) is 12.2. The van der Waals surface area contributed by atoms with E-state index < -0.39 is 15.4 Å². The average Bonchev–Trinajstić information content (AvgIpc) is 2.45. The highest BCUT2D eigenvalue weighted by atomic mass is 35.5. The monoisotopic (exact) mass is 344 g/mol. The zero-order chi connectivity index (χ0) is 16.5. The molecule has 0 fully saturated rings. The second-order valence-corrected chi connectivity index (χ2v) is 8.43. The Kier molecular flexibility index (Phi) is 4.73. The van der Waals surface area contributed by atoms with E-state index in [1.54, 1.807) is 26.0 Å². The Bertz CT molecular complexity index is 686. The summed E-state index contributed by atoms with van der Waals surface area (Å²) in [6.45, 7) is 4.05. The number of carbonyl (C=O) groups excluding carboxylic acids is 1. The molecule has 0 radical (unpaired) electrons. The first-order chi connectivity index (χ1) is 10.1. The number of anilines is 2. The van der Waals surface area contributed by atoms with Gasteiger partial charge < -0.3 is 5.32 Å². The van der Waals surface area contributed by atoms with Gasteiger partial charge in [0.1, 0.15) is 0 Å². The third kappa shape index (κ3) is 3.55. The number of alkyl halides is 1. The second-order valence-electron chi connectivity index (χ2n) is 6.25. The Morgan fingerprint density at radius 3 is 2.68 bits per heavy atom. The number of rotatable bonds is 4. The van der Waals surface area contributed by atoms with Crippen LogP contribution in [0.5, 0.6) is 0 Å². The Balaban J connectivity index is 2.28. The summed E-state index contributed by atoms with van der Waals surface area (Å²) < 4.78 is 25.1. The number of nitrogens with zero attached hydrogens (tertiary/aromatic N) is 1. The predicted molar refractivity (Wildman–Crippen MR) is 90.1 cm³/mol. The van der Waals surface area contributed by atoms with Crippen LogP contribution in [0.2, 0.25) is 0 Å². The van der Waals surface area contributed by atoms with Gasteiger partial charge in [0.15, 0.2) is 0 Å². The molecule has 1 heterocycles. The third-order valence-corrected chi connectivity index (χ3v) is 5.61. The van der Waals surface area contributed by atoms with E-state index in [9.17, 15) is 13.2 Å². The molecule has 0 aliphatic carbocycles. The van der Waals surface area contributed by atoms with Crippen LogP contribution in [0.15, 0.2) is 18.2 Å². The summed E-state index contributed by atoms with van der Waals surface area (Å²) >= 11 is 5.80. The molecule has 5 nitrogen and oxygen atoms in total.